The molecular weight excluding hydrogens is 459 g/mol. The molecule has 11 heteroatoms. The third-order valence-corrected chi connectivity index (χ3v) is 7.20. The molecule has 7 nitrogen and oxygen atoms in total. The van der Waals surface area contributed by atoms with Gasteiger partial charge in [-0.25, -0.2) is 22.3 Å². The van der Waals surface area contributed by atoms with Gasteiger partial charge in [0.05, 0.1) is 16.5 Å². The van der Waals surface area contributed by atoms with Crippen molar-refractivity contribution in [2.45, 2.75) is 56.1 Å². The largest absolute Gasteiger partial charge is 0.416 e. The second-order valence-electron chi connectivity index (χ2n) is 7.87. The first-order valence-electron chi connectivity index (χ1n) is 10.4. The lowest BCUT2D eigenvalue weighted by Gasteiger charge is -2.33. The number of nitrogens with zero attached hydrogens (tertiary/aromatic N) is 1. The van der Waals surface area contributed by atoms with Gasteiger partial charge in [-0.1, -0.05) is 43.0 Å². The van der Waals surface area contributed by atoms with Gasteiger partial charge in [-0.15, -0.1) is 0 Å². The maximum absolute atomic E-state index is 13.3. The Morgan fingerprint density at radius 2 is 1.64 bits per heavy atom. The predicted octanol–water partition coefficient (Wildman–Crippen LogP) is 5.28. The number of carbonyl (C=O) groups is 2. The molecule has 0 aromatic heterocycles. The summed E-state index contributed by atoms with van der Waals surface area (Å²) in [7, 11) is -4.27. The minimum Gasteiger partial charge on any atom is -0.308 e. The first-order chi connectivity index (χ1) is 15.5. The molecule has 1 aliphatic carbocycles. The van der Waals surface area contributed by atoms with Crippen LogP contribution in [0, 0.1) is 6.92 Å². The van der Waals surface area contributed by atoms with Crippen molar-refractivity contribution >= 4 is 27.8 Å². The van der Waals surface area contributed by atoms with Crippen LogP contribution in [0.3, 0.4) is 0 Å². The van der Waals surface area contributed by atoms with Crippen molar-refractivity contribution in [2.24, 2.45) is 0 Å². The molecule has 0 unspecified atom stereocenters. The molecule has 33 heavy (non-hydrogen) atoms. The number of amides is 4. The van der Waals surface area contributed by atoms with Crippen molar-refractivity contribution in [1.29, 1.82) is 0 Å². The fraction of sp³-hybridized carbons (Fsp3) is 0.364. The van der Waals surface area contributed by atoms with E-state index in [0.717, 1.165) is 37.0 Å². The number of alkyl halides is 3. The Balaban J connectivity index is 1.82. The number of nitrogens with one attached hydrogen (secondary N) is 2. The zero-order chi connectivity index (χ0) is 24.2. The molecule has 178 valence electrons. The summed E-state index contributed by atoms with van der Waals surface area (Å²) < 4.78 is 65.9. The molecular formula is C22H24F3N3O4S. The van der Waals surface area contributed by atoms with Crippen LogP contribution in [0.5, 0.6) is 0 Å². The topological polar surface area (TPSA) is 95.6 Å². The van der Waals surface area contributed by atoms with E-state index in [2.05, 4.69) is 5.32 Å². The molecule has 1 fully saturated rings. The van der Waals surface area contributed by atoms with Crippen molar-refractivity contribution < 1.29 is 31.2 Å². The second-order valence-corrected chi connectivity index (χ2v) is 9.68. The van der Waals surface area contributed by atoms with E-state index in [-0.39, 0.29) is 10.6 Å². The lowest BCUT2D eigenvalue weighted by atomic mass is 9.96. The van der Waals surface area contributed by atoms with Crippen molar-refractivity contribution in [1.82, 2.24) is 9.62 Å². The second kappa shape index (κ2) is 9.82. The molecule has 0 aliphatic heterocycles. The van der Waals surface area contributed by atoms with Gasteiger partial charge in [0.15, 0.2) is 0 Å². The zero-order valence-electron chi connectivity index (χ0n) is 17.9. The third-order valence-electron chi connectivity index (χ3n) is 5.35. The van der Waals surface area contributed by atoms with E-state index < -0.39 is 39.9 Å². The van der Waals surface area contributed by atoms with Gasteiger partial charge in [0, 0.05) is 5.69 Å². The summed E-state index contributed by atoms with van der Waals surface area (Å²) in [5.74, 6) is 0. The highest BCUT2D eigenvalue weighted by molar-refractivity contribution is 7.89. The van der Waals surface area contributed by atoms with Gasteiger partial charge in [0.1, 0.15) is 0 Å². The number of benzene rings is 2. The Morgan fingerprint density at radius 3 is 2.24 bits per heavy atom. The first-order valence-corrected chi connectivity index (χ1v) is 11.8. The Hall–Kier alpha value is -3.08. The lowest BCUT2D eigenvalue weighted by molar-refractivity contribution is -0.137. The van der Waals surface area contributed by atoms with Gasteiger partial charge >= 0.3 is 18.2 Å². The van der Waals surface area contributed by atoms with Crippen molar-refractivity contribution in [2.75, 3.05) is 5.32 Å². The average Bonchev–Trinajstić information content (AvgIpc) is 2.74. The third kappa shape index (κ3) is 6.04. The standard InChI is InChI=1S/C22H24F3N3O4S/c1-15-10-12-19(13-11-15)33(31,32)28(18-8-3-2-4-9-18)21(30)27-20(29)26-17-7-5-6-16(14-17)22(23,24)25/h5-7,10-14,18H,2-4,8-9H2,1H3,(H2,26,27,29,30). The maximum atomic E-state index is 13.3. The number of hydrogen-bond donors (Lipinski definition) is 2. The smallest absolute Gasteiger partial charge is 0.308 e. The Bertz CT molecular complexity index is 1110. The molecule has 0 saturated heterocycles. The van der Waals surface area contributed by atoms with Gasteiger partial charge in [0.25, 0.3) is 10.0 Å². The monoisotopic (exact) mass is 483 g/mol. The first kappa shape index (κ1) is 24.6. The highest BCUT2D eigenvalue weighted by atomic mass is 32.2. The highest BCUT2D eigenvalue weighted by Crippen LogP contribution is 2.31. The Labute approximate surface area is 190 Å². The lowest BCUT2D eigenvalue weighted by Crippen LogP contribution is -2.52. The van der Waals surface area contributed by atoms with Crippen LogP contribution in [0.1, 0.15) is 43.2 Å². The number of sulfonamides is 1. The number of halogens is 3. The molecule has 4 amide bonds. The number of imide groups is 1. The van der Waals surface area contributed by atoms with Crippen LogP contribution < -0.4 is 10.6 Å². The molecule has 1 saturated carbocycles. The van der Waals surface area contributed by atoms with Crippen LogP contribution in [0.2, 0.25) is 0 Å². The molecule has 0 heterocycles. The number of aryl methyl sites for hydroxylation is 1. The number of carbonyl (C=O) groups excluding carboxylic acids is 2. The fourth-order valence-corrected chi connectivity index (χ4v) is 5.27. The SMILES string of the molecule is Cc1ccc(S(=O)(=O)N(C(=O)NC(=O)Nc2cccc(C(F)(F)F)c2)C2CCCCC2)cc1. The van der Waals surface area contributed by atoms with Gasteiger partial charge in [-0.05, 0) is 50.1 Å². The molecule has 0 bridgehead atoms. The predicted molar refractivity (Wildman–Crippen MR) is 116 cm³/mol. The fourth-order valence-electron chi connectivity index (χ4n) is 3.70. The van der Waals surface area contributed by atoms with Gasteiger partial charge < -0.3 is 5.32 Å². The Kier molecular flexibility index (Phi) is 7.31. The summed E-state index contributed by atoms with van der Waals surface area (Å²) in [4.78, 5) is 25.2. The number of hydrogen-bond acceptors (Lipinski definition) is 4. The average molecular weight is 484 g/mol. The summed E-state index contributed by atoms with van der Waals surface area (Å²) in [5.41, 5.74) is -0.332. The van der Waals surface area contributed by atoms with E-state index in [1.54, 1.807) is 19.1 Å². The molecule has 1 aliphatic rings. The van der Waals surface area contributed by atoms with E-state index in [4.69, 9.17) is 0 Å². The van der Waals surface area contributed by atoms with Crippen LogP contribution >= 0.6 is 0 Å². The van der Waals surface area contributed by atoms with Crippen molar-refractivity contribution in [3.8, 4) is 0 Å². The van der Waals surface area contributed by atoms with Crippen molar-refractivity contribution in [3.63, 3.8) is 0 Å². The van der Waals surface area contributed by atoms with Gasteiger partial charge in [0.2, 0.25) is 0 Å². The van der Waals surface area contributed by atoms with E-state index in [9.17, 15) is 31.2 Å². The summed E-state index contributed by atoms with van der Waals surface area (Å²) in [6.07, 6.45) is -1.33. The van der Waals surface area contributed by atoms with E-state index in [0.29, 0.717) is 23.2 Å². The number of anilines is 1. The normalized spacial score (nSPS) is 15.0. The van der Waals surface area contributed by atoms with Crippen LogP contribution in [0.25, 0.3) is 0 Å². The molecule has 2 aromatic rings. The van der Waals surface area contributed by atoms with Crippen LogP contribution in [-0.4, -0.2) is 30.8 Å². The zero-order valence-corrected chi connectivity index (χ0v) is 18.7. The number of urea groups is 2. The Morgan fingerprint density at radius 1 is 1.00 bits per heavy atom. The van der Waals surface area contributed by atoms with Crippen molar-refractivity contribution in [3.05, 3.63) is 59.7 Å². The summed E-state index contributed by atoms with van der Waals surface area (Å²) in [5, 5.41) is 4.10. The van der Waals surface area contributed by atoms with E-state index >= 15 is 0 Å². The van der Waals surface area contributed by atoms with E-state index in [1.165, 1.54) is 18.2 Å². The molecule has 3 rings (SSSR count). The minimum absolute atomic E-state index is 0.0906. The van der Waals surface area contributed by atoms with Gasteiger partial charge in [-0.2, -0.15) is 13.2 Å². The van der Waals surface area contributed by atoms with E-state index in [1.807, 2.05) is 5.32 Å². The summed E-state index contributed by atoms with van der Waals surface area (Å²) >= 11 is 0. The maximum Gasteiger partial charge on any atom is 0.416 e. The minimum atomic E-state index is -4.61. The number of rotatable bonds is 4. The van der Waals surface area contributed by atoms with Crippen LogP contribution in [-0.2, 0) is 16.2 Å². The van der Waals surface area contributed by atoms with Crippen LogP contribution in [0.15, 0.2) is 53.4 Å². The quantitative estimate of drug-likeness (QED) is 0.619. The molecule has 0 atom stereocenters. The molecule has 2 aromatic carbocycles. The molecule has 0 spiro atoms. The summed E-state index contributed by atoms with van der Waals surface area (Å²) in [6, 6.07) is 6.93. The van der Waals surface area contributed by atoms with Crippen LogP contribution in [0.4, 0.5) is 28.4 Å². The molecule has 2 N–H and O–H groups in total. The van der Waals surface area contributed by atoms with Gasteiger partial charge in [-0.3, -0.25) is 5.32 Å². The molecule has 0 radical (unpaired) electrons. The summed E-state index contributed by atoms with van der Waals surface area (Å²) in [6.45, 7) is 1.79. The highest BCUT2D eigenvalue weighted by Gasteiger charge is 2.37.